The first kappa shape index (κ1) is 18.4. The highest BCUT2D eigenvalue weighted by Gasteiger charge is 2.26. The maximum Gasteiger partial charge on any atom is 0.330 e. The van der Waals surface area contributed by atoms with Crippen molar-refractivity contribution in [2.75, 3.05) is 13.2 Å². The average Bonchev–Trinajstić information content (AvgIpc) is 2.57. The Labute approximate surface area is 136 Å². The number of hydrogen-bond acceptors (Lipinski definition) is 5. The summed E-state index contributed by atoms with van der Waals surface area (Å²) in [5.41, 5.74) is 0.818. The molecule has 0 aliphatic carbocycles. The summed E-state index contributed by atoms with van der Waals surface area (Å²) in [6.07, 6.45) is 3.56. The van der Waals surface area contributed by atoms with Gasteiger partial charge in [-0.25, -0.2) is 4.79 Å². The van der Waals surface area contributed by atoms with E-state index in [2.05, 4.69) is 0 Å². The molecule has 0 aromatic heterocycles. The van der Waals surface area contributed by atoms with Gasteiger partial charge in [0.15, 0.2) is 0 Å². The van der Waals surface area contributed by atoms with Crippen molar-refractivity contribution in [1.82, 2.24) is 0 Å². The van der Waals surface area contributed by atoms with Crippen molar-refractivity contribution in [1.29, 1.82) is 5.26 Å². The number of ether oxygens (including phenoxy) is 2. The highest BCUT2D eigenvalue weighted by molar-refractivity contribution is 5.87. The Kier molecular flexibility index (Phi) is 7.01. The molecule has 0 amide bonds. The third-order valence-corrected chi connectivity index (χ3v) is 3.45. The molecule has 23 heavy (non-hydrogen) atoms. The Balaban J connectivity index is 2.33. The summed E-state index contributed by atoms with van der Waals surface area (Å²) < 4.78 is 10.0. The minimum atomic E-state index is -0.528. The van der Waals surface area contributed by atoms with E-state index in [1.165, 1.54) is 6.08 Å². The number of nitrogens with zero attached hydrogens (tertiary/aromatic N) is 1. The average molecular weight is 315 g/mol. The molecule has 0 atom stereocenters. The molecule has 0 radical (unpaired) electrons. The van der Waals surface area contributed by atoms with Gasteiger partial charge < -0.3 is 9.47 Å². The predicted octanol–water partition coefficient (Wildman–Crippen LogP) is 3.09. The molecule has 1 rings (SSSR count). The zero-order chi connectivity index (χ0) is 17.3. The molecule has 0 N–H and O–H groups in total. The van der Waals surface area contributed by atoms with Crippen molar-refractivity contribution < 1.29 is 19.1 Å². The summed E-state index contributed by atoms with van der Waals surface area (Å²) in [6, 6.07) is 8.82. The van der Waals surface area contributed by atoms with E-state index in [0.717, 1.165) is 5.56 Å². The first-order valence-corrected chi connectivity index (χ1v) is 7.41. The first-order valence-electron chi connectivity index (χ1n) is 7.41. The minimum Gasteiger partial charge on any atom is -0.462 e. The number of esters is 2. The Hall–Kier alpha value is -2.61. The third-order valence-electron chi connectivity index (χ3n) is 3.45. The molecule has 0 unspecified atom stereocenters. The number of nitriles is 1. The maximum absolute atomic E-state index is 11.7. The quantitative estimate of drug-likeness (QED) is 0.439. The van der Waals surface area contributed by atoms with Crippen LogP contribution in [-0.2, 0) is 19.1 Å². The summed E-state index contributed by atoms with van der Waals surface area (Å²) in [5.74, 6) is -0.815. The van der Waals surface area contributed by atoms with Crippen molar-refractivity contribution in [2.45, 2.75) is 27.2 Å². The highest BCUT2D eigenvalue weighted by atomic mass is 16.6. The van der Waals surface area contributed by atoms with Crippen LogP contribution in [0.1, 0.15) is 38.3 Å². The van der Waals surface area contributed by atoms with Crippen LogP contribution in [0.2, 0.25) is 0 Å². The van der Waals surface area contributed by atoms with Crippen LogP contribution >= 0.6 is 0 Å². The Morgan fingerprint density at radius 1 is 1.17 bits per heavy atom. The standard InChI is InChI=1S/C18H21NO4/c1-4-18(2,3)17(21)23-12-11-22-16(20)10-9-14-5-7-15(13-19)8-6-14/h5-10H,4,11-12H2,1-3H3/b10-9+. The van der Waals surface area contributed by atoms with Crippen LogP contribution in [-0.4, -0.2) is 25.2 Å². The van der Waals surface area contributed by atoms with Gasteiger partial charge >= 0.3 is 11.9 Å². The van der Waals surface area contributed by atoms with Crippen molar-refractivity contribution >= 4 is 18.0 Å². The fourth-order valence-corrected chi connectivity index (χ4v) is 1.50. The van der Waals surface area contributed by atoms with Crippen molar-refractivity contribution in [3.63, 3.8) is 0 Å². The van der Waals surface area contributed by atoms with Crippen LogP contribution in [0.15, 0.2) is 30.3 Å². The first-order chi connectivity index (χ1) is 10.9. The number of hydrogen-bond donors (Lipinski definition) is 0. The Bertz CT molecular complexity index is 609. The second kappa shape index (κ2) is 8.74. The van der Waals surface area contributed by atoms with Crippen LogP contribution in [0.25, 0.3) is 6.08 Å². The smallest absolute Gasteiger partial charge is 0.330 e. The number of benzene rings is 1. The van der Waals surface area contributed by atoms with E-state index in [4.69, 9.17) is 14.7 Å². The second-order valence-corrected chi connectivity index (χ2v) is 5.61. The SMILES string of the molecule is CCC(C)(C)C(=O)OCCOC(=O)/C=C/c1ccc(C#N)cc1. The zero-order valence-corrected chi connectivity index (χ0v) is 13.7. The predicted molar refractivity (Wildman–Crippen MR) is 86.2 cm³/mol. The lowest BCUT2D eigenvalue weighted by Gasteiger charge is -2.20. The summed E-state index contributed by atoms with van der Waals surface area (Å²) in [4.78, 5) is 23.2. The lowest BCUT2D eigenvalue weighted by molar-refractivity contribution is -0.157. The van der Waals surface area contributed by atoms with Gasteiger partial charge in [0.1, 0.15) is 13.2 Å². The fraction of sp³-hybridized carbons (Fsp3) is 0.389. The maximum atomic E-state index is 11.7. The van der Waals surface area contributed by atoms with Crippen LogP contribution in [0.4, 0.5) is 0 Å². The molecule has 5 heteroatoms. The van der Waals surface area contributed by atoms with Gasteiger partial charge in [0.05, 0.1) is 17.0 Å². The van der Waals surface area contributed by atoms with E-state index >= 15 is 0 Å². The van der Waals surface area contributed by atoms with Gasteiger partial charge in [-0.05, 0) is 44.0 Å². The van der Waals surface area contributed by atoms with Gasteiger partial charge in [-0.2, -0.15) is 5.26 Å². The van der Waals surface area contributed by atoms with Gasteiger partial charge in [-0.1, -0.05) is 19.1 Å². The van der Waals surface area contributed by atoms with Gasteiger partial charge in [0, 0.05) is 6.08 Å². The lowest BCUT2D eigenvalue weighted by atomic mass is 9.91. The van der Waals surface area contributed by atoms with Crippen molar-refractivity contribution in [3.8, 4) is 6.07 Å². The monoisotopic (exact) mass is 315 g/mol. The van der Waals surface area contributed by atoms with Crippen molar-refractivity contribution in [3.05, 3.63) is 41.5 Å². The molecule has 0 fully saturated rings. The van der Waals surface area contributed by atoms with E-state index in [1.807, 2.05) is 26.8 Å². The molecule has 5 nitrogen and oxygen atoms in total. The number of carbonyl (C=O) groups is 2. The van der Waals surface area contributed by atoms with E-state index in [9.17, 15) is 9.59 Å². The molecular formula is C18H21NO4. The molecule has 0 spiro atoms. The largest absolute Gasteiger partial charge is 0.462 e. The third kappa shape index (κ3) is 6.35. The van der Waals surface area contributed by atoms with E-state index < -0.39 is 11.4 Å². The molecule has 0 saturated heterocycles. The van der Waals surface area contributed by atoms with Crippen LogP contribution in [0.5, 0.6) is 0 Å². The van der Waals surface area contributed by atoms with Crippen LogP contribution < -0.4 is 0 Å². The fourth-order valence-electron chi connectivity index (χ4n) is 1.50. The molecule has 1 aromatic carbocycles. The Morgan fingerprint density at radius 3 is 2.35 bits per heavy atom. The summed E-state index contributed by atoms with van der Waals surface area (Å²) in [5, 5.41) is 8.69. The van der Waals surface area contributed by atoms with E-state index in [-0.39, 0.29) is 19.2 Å². The second-order valence-electron chi connectivity index (χ2n) is 5.61. The van der Waals surface area contributed by atoms with Gasteiger partial charge in [-0.15, -0.1) is 0 Å². The molecule has 0 aliphatic heterocycles. The van der Waals surface area contributed by atoms with Gasteiger partial charge in [0.2, 0.25) is 0 Å². The summed E-state index contributed by atoms with van der Waals surface area (Å²) >= 11 is 0. The molecule has 0 bridgehead atoms. The molecule has 0 heterocycles. The van der Waals surface area contributed by atoms with Crippen LogP contribution in [0.3, 0.4) is 0 Å². The van der Waals surface area contributed by atoms with Gasteiger partial charge in [-0.3, -0.25) is 4.79 Å². The van der Waals surface area contributed by atoms with E-state index in [0.29, 0.717) is 12.0 Å². The number of carbonyl (C=O) groups excluding carboxylic acids is 2. The normalized spacial score (nSPS) is 11.0. The minimum absolute atomic E-state index is 0.0160. The molecule has 122 valence electrons. The molecular weight excluding hydrogens is 294 g/mol. The lowest BCUT2D eigenvalue weighted by Crippen LogP contribution is -2.27. The molecule has 1 aromatic rings. The number of rotatable bonds is 7. The zero-order valence-electron chi connectivity index (χ0n) is 13.7. The van der Waals surface area contributed by atoms with Gasteiger partial charge in [0.25, 0.3) is 0 Å². The molecule has 0 saturated carbocycles. The highest BCUT2D eigenvalue weighted by Crippen LogP contribution is 2.21. The Morgan fingerprint density at radius 2 is 1.78 bits per heavy atom. The topological polar surface area (TPSA) is 76.4 Å². The van der Waals surface area contributed by atoms with Crippen LogP contribution in [0, 0.1) is 16.7 Å². The summed E-state index contributed by atoms with van der Waals surface area (Å²) in [6.45, 7) is 5.58. The van der Waals surface area contributed by atoms with E-state index in [1.54, 1.807) is 30.3 Å². The van der Waals surface area contributed by atoms with Crippen molar-refractivity contribution in [2.24, 2.45) is 5.41 Å². The molecule has 0 aliphatic rings. The summed E-state index contributed by atoms with van der Waals surface area (Å²) in [7, 11) is 0.